The number of amides is 1. The van der Waals surface area contributed by atoms with E-state index in [4.69, 9.17) is 11.6 Å². The summed E-state index contributed by atoms with van der Waals surface area (Å²) in [7, 11) is 0. The lowest BCUT2D eigenvalue weighted by molar-refractivity contribution is -0.118. The summed E-state index contributed by atoms with van der Waals surface area (Å²) < 4.78 is 0. The molecule has 0 bridgehead atoms. The van der Waals surface area contributed by atoms with E-state index in [2.05, 4.69) is 22.5 Å². The van der Waals surface area contributed by atoms with Crippen LogP contribution in [0.2, 0.25) is 5.02 Å². The van der Waals surface area contributed by atoms with Crippen LogP contribution in [0.1, 0.15) is 37.7 Å². The summed E-state index contributed by atoms with van der Waals surface area (Å²) in [6, 6.07) is 5.80. The number of likely N-dealkylation sites (tertiary alicyclic amines) is 1. The van der Waals surface area contributed by atoms with Gasteiger partial charge in [0.2, 0.25) is 5.91 Å². The molecular weight excluding hydrogens is 357 g/mol. The number of piperidine rings is 1. The van der Waals surface area contributed by atoms with Crippen molar-refractivity contribution in [3.05, 3.63) is 28.8 Å². The number of nitrogens with one attached hydrogen (secondary N) is 2. The molecule has 0 aromatic heterocycles. The number of carbonyl (C=O) groups is 1. The molecule has 3 aliphatic heterocycles. The number of benzene rings is 1. The Bertz CT molecular complexity index is 638. The molecule has 1 aromatic carbocycles. The molecule has 0 radical (unpaired) electrons. The van der Waals surface area contributed by atoms with Crippen LogP contribution in [0.5, 0.6) is 0 Å². The van der Waals surface area contributed by atoms with Gasteiger partial charge in [-0.15, -0.1) is 12.4 Å². The maximum Gasteiger partial charge on any atom is 0.232 e. The summed E-state index contributed by atoms with van der Waals surface area (Å²) in [5.41, 5.74) is 2.46. The topological polar surface area (TPSA) is 44.4 Å². The molecule has 3 heterocycles. The Labute approximate surface area is 161 Å². The first kappa shape index (κ1) is 19.0. The van der Waals surface area contributed by atoms with Gasteiger partial charge >= 0.3 is 0 Å². The molecule has 6 heteroatoms. The van der Waals surface area contributed by atoms with Gasteiger partial charge in [-0.3, -0.25) is 4.79 Å². The molecule has 2 atom stereocenters. The molecule has 1 amide bonds. The third-order valence-electron chi connectivity index (χ3n) is 6.06. The van der Waals surface area contributed by atoms with Crippen molar-refractivity contribution in [1.29, 1.82) is 0 Å². The fourth-order valence-corrected chi connectivity index (χ4v) is 4.89. The molecule has 1 aromatic rings. The molecule has 2 N–H and O–H groups in total. The van der Waals surface area contributed by atoms with Gasteiger partial charge in [0.05, 0.1) is 5.92 Å². The highest BCUT2D eigenvalue weighted by Gasteiger charge is 2.39. The summed E-state index contributed by atoms with van der Waals surface area (Å²) in [6.07, 6.45) is 3.47. The van der Waals surface area contributed by atoms with E-state index < -0.39 is 0 Å². The average Bonchev–Trinajstić information content (AvgIpc) is 3.11. The van der Waals surface area contributed by atoms with Crippen LogP contribution in [-0.4, -0.2) is 43.5 Å². The Kier molecular flexibility index (Phi) is 5.64. The van der Waals surface area contributed by atoms with E-state index in [1.54, 1.807) is 0 Å². The highest BCUT2D eigenvalue weighted by molar-refractivity contribution is 6.31. The molecule has 4 nitrogen and oxygen atoms in total. The molecular formula is C19H27Cl2N3O. The monoisotopic (exact) mass is 383 g/mol. The van der Waals surface area contributed by atoms with E-state index in [1.165, 1.54) is 13.0 Å². The van der Waals surface area contributed by atoms with Crippen molar-refractivity contribution < 1.29 is 4.79 Å². The van der Waals surface area contributed by atoms with Gasteiger partial charge in [0.25, 0.3) is 0 Å². The fourth-order valence-electron chi connectivity index (χ4n) is 4.72. The van der Waals surface area contributed by atoms with Crippen molar-refractivity contribution in [2.75, 3.05) is 38.0 Å². The van der Waals surface area contributed by atoms with E-state index in [0.717, 1.165) is 50.3 Å². The smallest absolute Gasteiger partial charge is 0.232 e. The number of halogens is 2. The Balaban J connectivity index is 0.00000182. The van der Waals surface area contributed by atoms with Gasteiger partial charge in [0.1, 0.15) is 0 Å². The second-order valence-electron chi connectivity index (χ2n) is 8.05. The van der Waals surface area contributed by atoms with Gasteiger partial charge in [0.15, 0.2) is 0 Å². The lowest BCUT2D eigenvalue weighted by Crippen LogP contribution is -2.43. The minimum absolute atomic E-state index is 0. The highest BCUT2D eigenvalue weighted by Crippen LogP contribution is 2.42. The quantitative estimate of drug-likeness (QED) is 0.838. The molecule has 138 valence electrons. The van der Waals surface area contributed by atoms with Gasteiger partial charge < -0.3 is 15.5 Å². The minimum Gasteiger partial charge on any atom is -0.325 e. The van der Waals surface area contributed by atoms with Crippen LogP contribution in [0.15, 0.2) is 18.2 Å². The molecule has 3 aliphatic rings. The van der Waals surface area contributed by atoms with E-state index in [0.29, 0.717) is 16.4 Å². The Morgan fingerprint density at radius 1 is 1.32 bits per heavy atom. The standard InChI is InChI=1S/C19H26ClN3O.ClH/c1-19(6-7-21-11-19)12-23-8-4-13(5-9-23)17-15-3-2-14(20)10-16(15)22-18(17)24;/h2-3,10,13,17,21H,4-9,11-12H2,1H3,(H,22,24);1H. The number of carbonyl (C=O) groups excluding carboxylic acids is 1. The maximum absolute atomic E-state index is 12.5. The number of fused-ring (bicyclic) bond motifs is 1. The third-order valence-corrected chi connectivity index (χ3v) is 6.29. The predicted molar refractivity (Wildman–Crippen MR) is 105 cm³/mol. The lowest BCUT2D eigenvalue weighted by atomic mass is 9.80. The molecule has 4 rings (SSSR count). The van der Waals surface area contributed by atoms with E-state index in [1.807, 2.05) is 18.2 Å². The zero-order chi connectivity index (χ0) is 16.7. The SMILES string of the molecule is CC1(CN2CCC(C3C(=O)Nc4cc(Cl)ccc43)CC2)CCNC1.Cl. The average molecular weight is 384 g/mol. The lowest BCUT2D eigenvalue weighted by Gasteiger charge is -2.38. The van der Waals surface area contributed by atoms with Crippen LogP contribution in [0.4, 0.5) is 5.69 Å². The van der Waals surface area contributed by atoms with Crippen LogP contribution in [-0.2, 0) is 4.79 Å². The summed E-state index contributed by atoms with van der Waals surface area (Å²) >= 11 is 6.05. The first-order valence-corrected chi connectivity index (χ1v) is 9.45. The Hall–Kier alpha value is -0.810. The summed E-state index contributed by atoms with van der Waals surface area (Å²) in [5.74, 6) is 0.596. The zero-order valence-corrected chi connectivity index (χ0v) is 16.3. The number of hydrogen-bond donors (Lipinski definition) is 2. The molecule has 2 fully saturated rings. The van der Waals surface area contributed by atoms with Gasteiger partial charge in [-0.2, -0.15) is 0 Å². The third kappa shape index (κ3) is 3.82. The second-order valence-corrected chi connectivity index (χ2v) is 8.49. The van der Waals surface area contributed by atoms with Crippen molar-refractivity contribution in [1.82, 2.24) is 10.2 Å². The van der Waals surface area contributed by atoms with E-state index >= 15 is 0 Å². The number of rotatable bonds is 3. The normalized spacial score (nSPS) is 30.0. The van der Waals surface area contributed by atoms with Crippen molar-refractivity contribution in [3.8, 4) is 0 Å². The van der Waals surface area contributed by atoms with Crippen LogP contribution >= 0.6 is 24.0 Å². The highest BCUT2D eigenvalue weighted by atomic mass is 35.5. The van der Waals surface area contributed by atoms with Crippen LogP contribution in [0.25, 0.3) is 0 Å². The molecule has 2 saturated heterocycles. The van der Waals surface area contributed by atoms with Crippen LogP contribution < -0.4 is 10.6 Å². The van der Waals surface area contributed by atoms with Crippen molar-refractivity contribution >= 4 is 35.6 Å². The molecule has 0 saturated carbocycles. The van der Waals surface area contributed by atoms with Gasteiger partial charge in [-0.25, -0.2) is 0 Å². The predicted octanol–water partition coefficient (Wildman–Crippen LogP) is 3.51. The van der Waals surface area contributed by atoms with Gasteiger partial charge in [-0.1, -0.05) is 24.6 Å². The summed E-state index contributed by atoms with van der Waals surface area (Å²) in [4.78, 5) is 15.1. The van der Waals surface area contributed by atoms with Crippen LogP contribution in [0.3, 0.4) is 0 Å². The largest absolute Gasteiger partial charge is 0.325 e. The van der Waals surface area contributed by atoms with E-state index in [9.17, 15) is 4.79 Å². The minimum atomic E-state index is 0. The fraction of sp³-hybridized carbons (Fsp3) is 0.632. The van der Waals surface area contributed by atoms with Crippen molar-refractivity contribution in [2.24, 2.45) is 11.3 Å². The summed E-state index contributed by atoms with van der Waals surface area (Å²) in [5, 5.41) is 7.19. The number of nitrogens with zero attached hydrogens (tertiary/aromatic N) is 1. The van der Waals surface area contributed by atoms with Crippen molar-refractivity contribution in [3.63, 3.8) is 0 Å². The maximum atomic E-state index is 12.5. The summed E-state index contributed by atoms with van der Waals surface area (Å²) in [6.45, 7) is 8.06. The molecule has 0 spiro atoms. The van der Waals surface area contributed by atoms with Gasteiger partial charge in [0, 0.05) is 23.8 Å². The molecule has 25 heavy (non-hydrogen) atoms. The molecule has 2 unspecified atom stereocenters. The number of hydrogen-bond acceptors (Lipinski definition) is 3. The first-order valence-electron chi connectivity index (χ1n) is 9.07. The second kappa shape index (κ2) is 7.43. The van der Waals surface area contributed by atoms with Crippen LogP contribution in [0, 0.1) is 11.3 Å². The zero-order valence-electron chi connectivity index (χ0n) is 14.7. The van der Waals surface area contributed by atoms with Crippen molar-refractivity contribution in [2.45, 2.75) is 32.1 Å². The Morgan fingerprint density at radius 2 is 2.08 bits per heavy atom. The Morgan fingerprint density at radius 3 is 2.76 bits per heavy atom. The molecule has 0 aliphatic carbocycles. The van der Waals surface area contributed by atoms with Gasteiger partial charge in [-0.05, 0) is 67.9 Å². The number of anilines is 1. The first-order chi connectivity index (χ1) is 11.5. The van der Waals surface area contributed by atoms with E-state index in [-0.39, 0.29) is 24.2 Å².